The summed E-state index contributed by atoms with van der Waals surface area (Å²) in [7, 11) is 0. The van der Waals surface area contributed by atoms with Crippen molar-refractivity contribution >= 4 is 11.8 Å². The van der Waals surface area contributed by atoms with E-state index < -0.39 is 0 Å². The Kier molecular flexibility index (Phi) is 2.32. The molecule has 0 aromatic heterocycles. The summed E-state index contributed by atoms with van der Waals surface area (Å²) >= 11 is 0. The van der Waals surface area contributed by atoms with E-state index in [1.165, 1.54) is 5.56 Å². The lowest BCUT2D eigenvalue weighted by molar-refractivity contribution is 1.46. The van der Waals surface area contributed by atoms with Crippen molar-refractivity contribution in [2.45, 2.75) is 13.8 Å². The minimum absolute atomic E-state index is 0.850. The van der Waals surface area contributed by atoms with Crippen LogP contribution in [0.5, 0.6) is 0 Å². The lowest BCUT2D eigenvalue weighted by Gasteiger charge is -2.00. The molecule has 0 unspecified atom stereocenters. The lowest BCUT2D eigenvalue weighted by atomic mass is 10.1. The fourth-order valence-corrected chi connectivity index (χ4v) is 1.03. The second-order valence-corrected chi connectivity index (χ2v) is 2.63. The minimum Gasteiger partial charge on any atom is -0.398 e. The summed E-state index contributed by atoms with van der Waals surface area (Å²) in [6.45, 7) is 4.02. The van der Waals surface area contributed by atoms with Gasteiger partial charge in [0.25, 0.3) is 0 Å². The molecule has 0 saturated heterocycles. The van der Waals surface area contributed by atoms with Crippen molar-refractivity contribution in [3.63, 3.8) is 0 Å². The van der Waals surface area contributed by atoms with Crippen LogP contribution in [0.25, 0.3) is 6.08 Å². The van der Waals surface area contributed by atoms with Crippen molar-refractivity contribution in [2.24, 2.45) is 0 Å². The Labute approximate surface area is 67.5 Å². The maximum absolute atomic E-state index is 5.76. The van der Waals surface area contributed by atoms with Crippen molar-refractivity contribution in [3.8, 4) is 0 Å². The topological polar surface area (TPSA) is 26.0 Å². The third-order valence-corrected chi connectivity index (χ3v) is 1.59. The molecule has 0 aliphatic carbocycles. The molecule has 1 nitrogen and oxygen atoms in total. The molecule has 0 atom stereocenters. The Morgan fingerprint density at radius 3 is 2.64 bits per heavy atom. The average Bonchev–Trinajstić information content (AvgIpc) is 1.95. The molecule has 2 N–H and O–H groups in total. The molecule has 58 valence electrons. The summed E-state index contributed by atoms with van der Waals surface area (Å²) in [6.07, 6.45) is 4.00. The average molecular weight is 147 g/mol. The van der Waals surface area contributed by atoms with Crippen LogP contribution in [-0.4, -0.2) is 0 Å². The molecule has 1 heteroatoms. The molecule has 0 radical (unpaired) electrons. The van der Waals surface area contributed by atoms with Gasteiger partial charge >= 0.3 is 0 Å². The summed E-state index contributed by atoms with van der Waals surface area (Å²) < 4.78 is 0. The van der Waals surface area contributed by atoms with Gasteiger partial charge in [-0.15, -0.1) is 0 Å². The number of nitrogen functional groups attached to an aromatic ring is 1. The van der Waals surface area contributed by atoms with E-state index >= 15 is 0 Å². The molecule has 0 amide bonds. The maximum atomic E-state index is 5.76. The van der Waals surface area contributed by atoms with Crippen LogP contribution in [0.2, 0.25) is 0 Å². The highest BCUT2D eigenvalue weighted by Crippen LogP contribution is 2.14. The van der Waals surface area contributed by atoms with E-state index in [9.17, 15) is 0 Å². The molecule has 0 spiro atoms. The minimum atomic E-state index is 0.850. The van der Waals surface area contributed by atoms with Crippen molar-refractivity contribution in [3.05, 3.63) is 35.4 Å². The Bertz CT molecular complexity index is 274. The summed E-state index contributed by atoms with van der Waals surface area (Å²) in [5, 5.41) is 0. The van der Waals surface area contributed by atoms with E-state index in [-0.39, 0.29) is 0 Å². The van der Waals surface area contributed by atoms with Crippen LogP contribution in [0.15, 0.2) is 24.3 Å². The lowest BCUT2D eigenvalue weighted by Crippen LogP contribution is -1.89. The van der Waals surface area contributed by atoms with E-state index in [4.69, 9.17) is 5.73 Å². The number of hydrogen-bond donors (Lipinski definition) is 1. The molecule has 1 aromatic rings. The molecule has 11 heavy (non-hydrogen) atoms. The molecule has 0 bridgehead atoms. The van der Waals surface area contributed by atoms with Crippen LogP contribution >= 0.6 is 0 Å². The molecule has 1 aromatic carbocycles. The van der Waals surface area contributed by atoms with Crippen molar-refractivity contribution < 1.29 is 0 Å². The third kappa shape index (κ3) is 1.84. The molecule has 1 rings (SSSR count). The zero-order valence-corrected chi connectivity index (χ0v) is 6.96. The van der Waals surface area contributed by atoms with Crippen molar-refractivity contribution in [2.75, 3.05) is 5.73 Å². The molecule has 0 fully saturated rings. The Morgan fingerprint density at radius 1 is 1.36 bits per heavy atom. The van der Waals surface area contributed by atoms with Crippen LogP contribution in [-0.2, 0) is 0 Å². The van der Waals surface area contributed by atoms with Crippen molar-refractivity contribution in [1.82, 2.24) is 0 Å². The first-order valence-electron chi connectivity index (χ1n) is 3.73. The smallest absolute Gasteiger partial charge is 0.0390 e. The fraction of sp³-hybridized carbons (Fsp3) is 0.200. The van der Waals surface area contributed by atoms with Gasteiger partial charge in [0.1, 0.15) is 0 Å². The number of hydrogen-bond acceptors (Lipinski definition) is 1. The summed E-state index contributed by atoms with van der Waals surface area (Å²) in [6, 6.07) is 6.08. The fourth-order valence-electron chi connectivity index (χ4n) is 1.03. The van der Waals surface area contributed by atoms with Gasteiger partial charge in [-0.3, -0.25) is 0 Å². The standard InChI is InChI=1S/C10H13N/c1-3-4-9-6-5-8(2)7-10(9)11/h3-7H,11H2,1-2H3/b4-3-. The SMILES string of the molecule is C/C=C\c1ccc(C)cc1N. The third-order valence-electron chi connectivity index (χ3n) is 1.59. The first kappa shape index (κ1) is 7.86. The van der Waals surface area contributed by atoms with E-state index in [0.29, 0.717) is 0 Å². The summed E-state index contributed by atoms with van der Waals surface area (Å²) in [5.74, 6) is 0. The van der Waals surface area contributed by atoms with Gasteiger partial charge in [-0.2, -0.15) is 0 Å². The predicted molar refractivity (Wildman–Crippen MR) is 50.3 cm³/mol. The van der Waals surface area contributed by atoms with Crippen LogP contribution in [0.4, 0.5) is 5.69 Å². The molecule has 0 aliphatic heterocycles. The van der Waals surface area contributed by atoms with Crippen LogP contribution in [0.3, 0.4) is 0 Å². The maximum Gasteiger partial charge on any atom is 0.0390 e. The number of benzene rings is 1. The number of nitrogens with two attached hydrogens (primary N) is 1. The van der Waals surface area contributed by atoms with Crippen LogP contribution < -0.4 is 5.73 Å². The predicted octanol–water partition coefficient (Wildman–Crippen LogP) is 2.61. The molecule has 0 saturated carbocycles. The monoisotopic (exact) mass is 147 g/mol. The van der Waals surface area contributed by atoms with E-state index in [1.54, 1.807) is 0 Å². The Morgan fingerprint density at radius 2 is 2.09 bits per heavy atom. The summed E-state index contributed by atoms with van der Waals surface area (Å²) in [4.78, 5) is 0. The first-order chi connectivity index (χ1) is 5.24. The number of aryl methyl sites for hydroxylation is 1. The van der Waals surface area contributed by atoms with E-state index in [2.05, 4.69) is 6.07 Å². The van der Waals surface area contributed by atoms with E-state index in [0.717, 1.165) is 11.3 Å². The highest BCUT2D eigenvalue weighted by molar-refractivity contribution is 5.64. The second kappa shape index (κ2) is 3.24. The highest BCUT2D eigenvalue weighted by atomic mass is 14.6. The quantitative estimate of drug-likeness (QED) is 0.607. The van der Waals surface area contributed by atoms with E-state index in [1.807, 2.05) is 38.1 Å². The summed E-state index contributed by atoms with van der Waals surface area (Å²) in [5.41, 5.74) is 8.91. The van der Waals surface area contributed by atoms with Crippen LogP contribution in [0, 0.1) is 6.92 Å². The molecule has 0 heterocycles. The van der Waals surface area contributed by atoms with Gasteiger partial charge in [0, 0.05) is 5.69 Å². The van der Waals surface area contributed by atoms with Gasteiger partial charge in [0.05, 0.1) is 0 Å². The van der Waals surface area contributed by atoms with Gasteiger partial charge in [-0.1, -0.05) is 24.3 Å². The number of allylic oxidation sites excluding steroid dienone is 1. The van der Waals surface area contributed by atoms with Gasteiger partial charge in [-0.05, 0) is 31.0 Å². The Hall–Kier alpha value is -1.24. The van der Waals surface area contributed by atoms with Gasteiger partial charge in [-0.25, -0.2) is 0 Å². The normalized spacial score (nSPS) is 10.7. The molecule has 0 aliphatic rings. The van der Waals surface area contributed by atoms with Gasteiger partial charge in [0.15, 0.2) is 0 Å². The van der Waals surface area contributed by atoms with Crippen LogP contribution in [0.1, 0.15) is 18.1 Å². The second-order valence-electron chi connectivity index (χ2n) is 2.63. The zero-order chi connectivity index (χ0) is 8.27. The first-order valence-corrected chi connectivity index (χ1v) is 3.73. The molecular formula is C10H13N. The highest BCUT2D eigenvalue weighted by Gasteiger charge is 1.92. The number of rotatable bonds is 1. The van der Waals surface area contributed by atoms with Crippen molar-refractivity contribution in [1.29, 1.82) is 0 Å². The van der Waals surface area contributed by atoms with Gasteiger partial charge < -0.3 is 5.73 Å². The Balaban J connectivity index is 3.09. The van der Waals surface area contributed by atoms with Gasteiger partial charge in [0.2, 0.25) is 0 Å². The zero-order valence-electron chi connectivity index (χ0n) is 6.96. The largest absolute Gasteiger partial charge is 0.398 e. The number of anilines is 1. The molecular weight excluding hydrogens is 134 g/mol.